The van der Waals surface area contributed by atoms with E-state index in [-0.39, 0.29) is 29.7 Å². The summed E-state index contributed by atoms with van der Waals surface area (Å²) in [5.74, 6) is 0.595. The number of ether oxygens (including phenoxy) is 4. The number of esters is 1. The molecule has 4 rings (SSSR count). The zero-order chi connectivity index (χ0) is 22.8. The van der Waals surface area contributed by atoms with Crippen molar-refractivity contribution in [2.75, 3.05) is 7.11 Å². The van der Waals surface area contributed by atoms with E-state index >= 15 is 0 Å². The molecule has 6 nitrogen and oxygen atoms in total. The smallest absolute Gasteiger partial charge is 0.338 e. The van der Waals surface area contributed by atoms with Gasteiger partial charge in [0.15, 0.2) is 0 Å². The Morgan fingerprint density at radius 3 is 2.41 bits per heavy atom. The van der Waals surface area contributed by atoms with Crippen molar-refractivity contribution < 1.29 is 28.5 Å². The number of ketones is 1. The Hall–Kier alpha value is -2.99. The molecule has 32 heavy (non-hydrogen) atoms. The lowest BCUT2D eigenvalue weighted by Gasteiger charge is -2.36. The molecule has 1 fully saturated rings. The van der Waals surface area contributed by atoms with Crippen LogP contribution in [-0.4, -0.2) is 31.1 Å². The summed E-state index contributed by atoms with van der Waals surface area (Å²) in [6.45, 7) is 3.78. The topological polar surface area (TPSA) is 71.1 Å². The summed E-state index contributed by atoms with van der Waals surface area (Å²) in [5.41, 5.74) is 2.21. The minimum absolute atomic E-state index is 0.0913. The Labute approximate surface area is 192 Å². The van der Waals surface area contributed by atoms with Crippen LogP contribution in [0, 0.1) is 19.8 Å². The summed E-state index contributed by atoms with van der Waals surface area (Å²) in [4.78, 5) is 25.5. The van der Waals surface area contributed by atoms with Gasteiger partial charge in [0.25, 0.3) is 0 Å². The van der Waals surface area contributed by atoms with Gasteiger partial charge in [0.05, 0.1) is 18.6 Å². The molecule has 3 unspecified atom stereocenters. The molecule has 2 aliphatic rings. The van der Waals surface area contributed by atoms with Crippen LogP contribution in [0.4, 0.5) is 0 Å². The molecule has 0 spiro atoms. The highest BCUT2D eigenvalue weighted by molar-refractivity contribution is 6.32. The Morgan fingerprint density at radius 2 is 1.75 bits per heavy atom. The highest BCUT2D eigenvalue weighted by Gasteiger charge is 2.42. The molecule has 1 heterocycles. The number of methoxy groups -OCH3 is 1. The summed E-state index contributed by atoms with van der Waals surface area (Å²) in [5, 5.41) is 0.681. The largest absolute Gasteiger partial charge is 0.497 e. The second kappa shape index (κ2) is 9.25. The number of allylic oxidation sites excluding steroid dienone is 1. The predicted octanol–water partition coefficient (Wildman–Crippen LogP) is 5.18. The van der Waals surface area contributed by atoms with Crippen LogP contribution in [0.25, 0.3) is 0 Å². The van der Waals surface area contributed by atoms with E-state index in [0.717, 1.165) is 11.1 Å². The molecule has 2 aromatic rings. The maximum atomic E-state index is 13.0. The molecular formula is C25H25ClO6. The molecule has 3 atom stereocenters. The van der Waals surface area contributed by atoms with E-state index in [1.165, 1.54) is 6.26 Å². The number of aryl methyl sites for hydroxylation is 2. The first-order valence-electron chi connectivity index (χ1n) is 10.5. The second-order valence-electron chi connectivity index (χ2n) is 8.17. The maximum Gasteiger partial charge on any atom is 0.338 e. The molecule has 168 valence electrons. The van der Waals surface area contributed by atoms with E-state index in [0.29, 0.717) is 41.3 Å². The first kappa shape index (κ1) is 22.2. The zero-order valence-corrected chi connectivity index (χ0v) is 19.0. The second-order valence-corrected chi connectivity index (χ2v) is 8.55. The number of carbonyl (C=O) groups is 2. The van der Waals surface area contributed by atoms with Crippen molar-refractivity contribution in [1.82, 2.24) is 0 Å². The van der Waals surface area contributed by atoms with Gasteiger partial charge in [-0.1, -0.05) is 11.6 Å². The Morgan fingerprint density at radius 1 is 1.06 bits per heavy atom. The number of halogens is 1. The SMILES string of the molecule is COc1ccc(C(=O)OC2CCC3C(=O)C(Oc4cc(C)c(Cl)c(C)c4)=COC3C2)cc1. The normalized spacial score (nSPS) is 22.3. The third kappa shape index (κ3) is 4.60. The molecule has 0 saturated heterocycles. The van der Waals surface area contributed by atoms with E-state index in [9.17, 15) is 9.59 Å². The van der Waals surface area contributed by atoms with Gasteiger partial charge in [0.2, 0.25) is 11.5 Å². The zero-order valence-electron chi connectivity index (χ0n) is 18.2. The number of fused-ring (bicyclic) bond motifs is 1. The van der Waals surface area contributed by atoms with Crippen LogP contribution in [0.15, 0.2) is 48.4 Å². The Kier molecular flexibility index (Phi) is 6.42. The number of hydrogen-bond acceptors (Lipinski definition) is 6. The van der Waals surface area contributed by atoms with Gasteiger partial charge in [-0.2, -0.15) is 0 Å². The maximum absolute atomic E-state index is 13.0. The van der Waals surface area contributed by atoms with Crippen molar-refractivity contribution in [1.29, 1.82) is 0 Å². The summed E-state index contributed by atoms with van der Waals surface area (Å²) >= 11 is 6.21. The highest BCUT2D eigenvalue weighted by atomic mass is 35.5. The lowest BCUT2D eigenvalue weighted by molar-refractivity contribution is -0.132. The number of benzene rings is 2. The van der Waals surface area contributed by atoms with E-state index < -0.39 is 5.97 Å². The molecule has 1 aliphatic carbocycles. The van der Waals surface area contributed by atoms with E-state index in [2.05, 4.69) is 0 Å². The van der Waals surface area contributed by atoms with Crippen molar-refractivity contribution in [3.8, 4) is 11.5 Å². The Bertz CT molecular complexity index is 1040. The average Bonchev–Trinajstić information content (AvgIpc) is 2.79. The third-order valence-electron chi connectivity index (χ3n) is 5.91. The first-order valence-corrected chi connectivity index (χ1v) is 10.9. The van der Waals surface area contributed by atoms with Crippen LogP contribution in [0.5, 0.6) is 11.5 Å². The van der Waals surface area contributed by atoms with Crippen LogP contribution in [-0.2, 0) is 14.3 Å². The molecule has 7 heteroatoms. The molecule has 0 aromatic heterocycles. The standard InChI is InChI=1S/C25H25ClO6/c1-14-10-19(11-15(2)23(14)26)31-22-13-30-21-12-18(8-9-20(21)24(22)27)32-25(28)16-4-6-17(29-3)7-5-16/h4-7,10-11,13,18,20-21H,8-9,12H2,1-3H3. The number of Topliss-reactive ketones (excluding diaryl/α,β-unsaturated/α-hetero) is 1. The van der Waals surface area contributed by atoms with E-state index in [4.69, 9.17) is 30.5 Å². The van der Waals surface area contributed by atoms with Gasteiger partial charge in [-0.05, 0) is 74.2 Å². The van der Waals surface area contributed by atoms with Crippen molar-refractivity contribution in [3.05, 3.63) is 70.1 Å². The van der Waals surface area contributed by atoms with Gasteiger partial charge in [0.1, 0.15) is 30.0 Å². The van der Waals surface area contributed by atoms with Gasteiger partial charge in [0, 0.05) is 11.4 Å². The van der Waals surface area contributed by atoms with Crippen molar-refractivity contribution in [2.45, 2.75) is 45.3 Å². The van der Waals surface area contributed by atoms with Crippen LogP contribution >= 0.6 is 11.6 Å². The lowest BCUT2D eigenvalue weighted by Crippen LogP contribution is -2.43. The van der Waals surface area contributed by atoms with E-state index in [1.54, 1.807) is 43.5 Å². The van der Waals surface area contributed by atoms with Crippen LogP contribution in [0.2, 0.25) is 5.02 Å². The van der Waals surface area contributed by atoms with Gasteiger partial charge >= 0.3 is 5.97 Å². The number of hydrogen-bond donors (Lipinski definition) is 0. The first-order chi connectivity index (χ1) is 15.4. The molecule has 0 bridgehead atoms. The minimum atomic E-state index is -0.397. The molecule has 1 aliphatic heterocycles. The highest BCUT2D eigenvalue weighted by Crippen LogP contribution is 2.36. The fourth-order valence-corrected chi connectivity index (χ4v) is 4.26. The molecule has 0 amide bonds. The fourth-order valence-electron chi connectivity index (χ4n) is 4.15. The molecule has 0 N–H and O–H groups in total. The molecule has 1 saturated carbocycles. The predicted molar refractivity (Wildman–Crippen MR) is 119 cm³/mol. The average molecular weight is 457 g/mol. The van der Waals surface area contributed by atoms with Gasteiger partial charge in [-0.3, -0.25) is 4.79 Å². The fraction of sp³-hybridized carbons (Fsp3) is 0.360. The summed E-state index contributed by atoms with van der Waals surface area (Å²) < 4.78 is 22.4. The minimum Gasteiger partial charge on any atom is -0.497 e. The van der Waals surface area contributed by atoms with Crippen molar-refractivity contribution >= 4 is 23.4 Å². The van der Waals surface area contributed by atoms with E-state index in [1.807, 2.05) is 13.8 Å². The number of rotatable bonds is 5. The molecule has 2 aromatic carbocycles. The molecule has 0 radical (unpaired) electrons. The third-order valence-corrected chi connectivity index (χ3v) is 6.51. The summed E-state index contributed by atoms with van der Waals surface area (Å²) in [7, 11) is 1.57. The van der Waals surface area contributed by atoms with Crippen LogP contribution in [0.3, 0.4) is 0 Å². The quantitative estimate of drug-likeness (QED) is 0.577. The summed E-state index contributed by atoms with van der Waals surface area (Å²) in [6.07, 6.45) is 2.33. The monoisotopic (exact) mass is 456 g/mol. The van der Waals surface area contributed by atoms with Crippen LogP contribution < -0.4 is 9.47 Å². The van der Waals surface area contributed by atoms with Crippen molar-refractivity contribution in [3.63, 3.8) is 0 Å². The van der Waals surface area contributed by atoms with Crippen molar-refractivity contribution in [2.24, 2.45) is 5.92 Å². The molecular weight excluding hydrogens is 432 g/mol. The van der Waals surface area contributed by atoms with Gasteiger partial charge in [-0.25, -0.2) is 4.79 Å². The van der Waals surface area contributed by atoms with Gasteiger partial charge < -0.3 is 18.9 Å². The number of carbonyl (C=O) groups excluding carboxylic acids is 2. The lowest BCUT2D eigenvalue weighted by atomic mass is 9.80. The Balaban J connectivity index is 1.39. The van der Waals surface area contributed by atoms with Gasteiger partial charge in [-0.15, -0.1) is 0 Å². The summed E-state index contributed by atoms with van der Waals surface area (Å²) in [6, 6.07) is 10.4. The van der Waals surface area contributed by atoms with Crippen LogP contribution in [0.1, 0.15) is 40.7 Å².